The quantitative estimate of drug-likeness (QED) is 0.833. The lowest BCUT2D eigenvalue weighted by molar-refractivity contribution is -0.154. The van der Waals surface area contributed by atoms with Gasteiger partial charge in [0.05, 0.1) is 17.2 Å². The number of aliphatic carboxylic acids is 1. The number of benzene rings is 1. The summed E-state index contributed by atoms with van der Waals surface area (Å²) in [4.78, 5) is 45.3. The van der Waals surface area contributed by atoms with Gasteiger partial charge in [0.1, 0.15) is 12.0 Å². The zero-order valence-corrected chi connectivity index (χ0v) is 15.2. The van der Waals surface area contributed by atoms with Crippen molar-refractivity contribution < 1.29 is 14.7 Å². The van der Waals surface area contributed by atoms with Crippen LogP contribution in [0.3, 0.4) is 0 Å². The van der Waals surface area contributed by atoms with E-state index in [1.165, 1.54) is 10.9 Å². The van der Waals surface area contributed by atoms with Gasteiger partial charge in [-0.05, 0) is 38.1 Å². The average molecular weight is 370 g/mol. The number of rotatable bonds is 3. The zero-order valence-electron chi connectivity index (χ0n) is 15.2. The molecule has 0 saturated carbocycles. The Balaban J connectivity index is 1.57. The number of aromatic nitrogens is 2. The molecule has 0 radical (unpaired) electrons. The summed E-state index contributed by atoms with van der Waals surface area (Å²) in [6, 6.07) is 7.00. The van der Waals surface area contributed by atoms with Crippen LogP contribution in [-0.2, 0) is 16.1 Å². The number of fused-ring (bicyclic) bond motifs is 2. The molecule has 2 saturated heterocycles. The number of hydrogen-bond donors (Lipinski definition) is 1. The van der Waals surface area contributed by atoms with Gasteiger partial charge in [-0.25, -0.2) is 4.98 Å². The van der Waals surface area contributed by atoms with Gasteiger partial charge < -0.3 is 14.9 Å². The predicted octanol–water partition coefficient (Wildman–Crippen LogP) is 0.261. The molecular formula is C19H22N4O4. The van der Waals surface area contributed by atoms with Crippen molar-refractivity contribution in [2.24, 2.45) is 11.3 Å². The Hall–Kier alpha value is -2.74. The number of likely N-dealkylation sites (tertiary alicyclic amines) is 2. The first-order valence-electron chi connectivity index (χ1n) is 9.04. The highest BCUT2D eigenvalue weighted by Gasteiger charge is 2.55. The molecule has 27 heavy (non-hydrogen) atoms. The van der Waals surface area contributed by atoms with Crippen LogP contribution in [0, 0.1) is 11.3 Å². The standard InChI is InChI=1S/C19H22N4O4/c1-21-7-6-13-8-22(11-19(13,10-21)18(26)27)16(24)9-23-12-20-15-5-3-2-4-14(15)17(23)25/h2-5,12-13H,6-11H2,1H3,(H,26,27). The lowest BCUT2D eigenvalue weighted by Crippen LogP contribution is -2.52. The number of carboxylic acids is 1. The van der Waals surface area contributed by atoms with Gasteiger partial charge in [0.15, 0.2) is 0 Å². The van der Waals surface area contributed by atoms with Crippen LogP contribution >= 0.6 is 0 Å². The van der Waals surface area contributed by atoms with E-state index in [4.69, 9.17) is 0 Å². The van der Waals surface area contributed by atoms with E-state index in [0.717, 1.165) is 13.0 Å². The van der Waals surface area contributed by atoms with Crippen LogP contribution in [0.5, 0.6) is 0 Å². The second kappa shape index (κ2) is 6.45. The highest BCUT2D eigenvalue weighted by Crippen LogP contribution is 2.42. The van der Waals surface area contributed by atoms with Crippen LogP contribution in [0.25, 0.3) is 10.9 Å². The molecule has 0 aliphatic carbocycles. The number of carbonyl (C=O) groups excluding carboxylic acids is 1. The maximum atomic E-state index is 12.8. The summed E-state index contributed by atoms with van der Waals surface area (Å²) in [5.41, 5.74) is -0.598. The molecule has 3 heterocycles. The number of carboxylic acid groups (broad SMARTS) is 1. The maximum Gasteiger partial charge on any atom is 0.313 e. The van der Waals surface area contributed by atoms with Crippen LogP contribution in [0.15, 0.2) is 35.4 Å². The molecule has 8 nitrogen and oxygen atoms in total. The predicted molar refractivity (Wildman–Crippen MR) is 98.3 cm³/mol. The van der Waals surface area contributed by atoms with Gasteiger partial charge in [0, 0.05) is 19.6 Å². The molecule has 0 bridgehead atoms. The second-order valence-corrected chi connectivity index (χ2v) is 7.65. The molecule has 1 aromatic heterocycles. The number of para-hydroxylation sites is 1. The van der Waals surface area contributed by atoms with Crippen molar-refractivity contribution in [1.82, 2.24) is 19.4 Å². The Morgan fingerprint density at radius 2 is 2.07 bits per heavy atom. The van der Waals surface area contributed by atoms with Crippen LogP contribution < -0.4 is 5.56 Å². The topological polar surface area (TPSA) is 95.7 Å². The van der Waals surface area contributed by atoms with E-state index < -0.39 is 11.4 Å². The fraction of sp³-hybridized carbons (Fsp3) is 0.474. The van der Waals surface area contributed by atoms with E-state index in [-0.39, 0.29) is 30.5 Å². The maximum absolute atomic E-state index is 12.8. The van der Waals surface area contributed by atoms with Gasteiger partial charge in [-0.15, -0.1) is 0 Å². The minimum Gasteiger partial charge on any atom is -0.481 e. The van der Waals surface area contributed by atoms with E-state index in [1.54, 1.807) is 29.2 Å². The number of carbonyl (C=O) groups is 2. The summed E-state index contributed by atoms with van der Waals surface area (Å²) >= 11 is 0. The molecule has 0 spiro atoms. The third-order valence-corrected chi connectivity index (χ3v) is 5.92. The van der Waals surface area contributed by atoms with Gasteiger partial charge in [-0.3, -0.25) is 19.0 Å². The van der Waals surface area contributed by atoms with Crippen LogP contribution in [-0.4, -0.2) is 69.6 Å². The first-order valence-corrected chi connectivity index (χ1v) is 9.04. The van der Waals surface area contributed by atoms with Crippen molar-refractivity contribution in [3.05, 3.63) is 40.9 Å². The summed E-state index contributed by atoms with van der Waals surface area (Å²) in [6.07, 6.45) is 2.14. The Morgan fingerprint density at radius 3 is 2.85 bits per heavy atom. The Morgan fingerprint density at radius 1 is 1.30 bits per heavy atom. The van der Waals surface area contributed by atoms with Crippen LogP contribution in [0.4, 0.5) is 0 Å². The summed E-state index contributed by atoms with van der Waals surface area (Å²) < 4.78 is 1.30. The number of amides is 1. The Kier molecular flexibility index (Phi) is 4.22. The number of piperidine rings is 1. The van der Waals surface area contributed by atoms with Crippen molar-refractivity contribution in [1.29, 1.82) is 0 Å². The van der Waals surface area contributed by atoms with Crippen LogP contribution in [0.1, 0.15) is 6.42 Å². The largest absolute Gasteiger partial charge is 0.481 e. The van der Waals surface area contributed by atoms with Gasteiger partial charge in [-0.1, -0.05) is 12.1 Å². The lowest BCUT2D eigenvalue weighted by atomic mass is 9.73. The number of nitrogens with zero attached hydrogens (tertiary/aromatic N) is 4. The van der Waals surface area contributed by atoms with Gasteiger partial charge in [0.2, 0.25) is 5.91 Å². The normalized spacial score (nSPS) is 25.5. The van der Waals surface area contributed by atoms with Crippen LogP contribution in [0.2, 0.25) is 0 Å². The molecule has 1 amide bonds. The number of hydrogen-bond acceptors (Lipinski definition) is 5. The third-order valence-electron chi connectivity index (χ3n) is 5.92. The second-order valence-electron chi connectivity index (χ2n) is 7.65. The molecule has 2 aliphatic rings. The van der Waals surface area contributed by atoms with Crippen molar-refractivity contribution in [3.8, 4) is 0 Å². The summed E-state index contributed by atoms with van der Waals surface area (Å²) in [5.74, 6) is -1.15. The Labute approximate surface area is 156 Å². The highest BCUT2D eigenvalue weighted by atomic mass is 16.4. The fourth-order valence-corrected chi connectivity index (χ4v) is 4.42. The molecule has 2 fully saturated rings. The molecule has 2 unspecified atom stereocenters. The summed E-state index contributed by atoms with van der Waals surface area (Å²) in [5, 5.41) is 10.3. The molecular weight excluding hydrogens is 348 g/mol. The molecule has 8 heteroatoms. The fourth-order valence-electron chi connectivity index (χ4n) is 4.42. The van der Waals surface area contributed by atoms with Gasteiger partial charge in [0.25, 0.3) is 5.56 Å². The summed E-state index contributed by atoms with van der Waals surface area (Å²) in [7, 11) is 1.91. The average Bonchev–Trinajstić information content (AvgIpc) is 3.04. The summed E-state index contributed by atoms with van der Waals surface area (Å²) in [6.45, 7) is 1.75. The zero-order chi connectivity index (χ0) is 19.2. The lowest BCUT2D eigenvalue weighted by Gasteiger charge is -2.39. The van der Waals surface area contributed by atoms with E-state index in [2.05, 4.69) is 4.98 Å². The first kappa shape index (κ1) is 17.7. The molecule has 1 aromatic carbocycles. The molecule has 1 N–H and O–H groups in total. The first-order chi connectivity index (χ1) is 12.9. The monoisotopic (exact) mass is 370 g/mol. The van der Waals surface area contributed by atoms with E-state index in [0.29, 0.717) is 24.0 Å². The van der Waals surface area contributed by atoms with Crippen molar-refractivity contribution in [3.63, 3.8) is 0 Å². The van der Waals surface area contributed by atoms with E-state index in [9.17, 15) is 19.5 Å². The highest BCUT2D eigenvalue weighted by molar-refractivity contribution is 5.82. The molecule has 4 rings (SSSR count). The minimum atomic E-state index is -0.921. The minimum absolute atomic E-state index is 0.0541. The molecule has 2 aromatic rings. The van der Waals surface area contributed by atoms with Gasteiger partial charge >= 0.3 is 5.97 Å². The third kappa shape index (κ3) is 2.90. The van der Waals surface area contributed by atoms with Crippen molar-refractivity contribution in [2.45, 2.75) is 13.0 Å². The smallest absolute Gasteiger partial charge is 0.313 e. The molecule has 2 atom stereocenters. The van der Waals surface area contributed by atoms with Crippen molar-refractivity contribution >= 4 is 22.8 Å². The van der Waals surface area contributed by atoms with Gasteiger partial charge in [-0.2, -0.15) is 0 Å². The SMILES string of the molecule is CN1CCC2CN(C(=O)Cn3cnc4ccccc4c3=O)CC2(C(=O)O)C1. The van der Waals surface area contributed by atoms with E-state index >= 15 is 0 Å². The van der Waals surface area contributed by atoms with Crippen molar-refractivity contribution in [2.75, 3.05) is 33.2 Å². The van der Waals surface area contributed by atoms with E-state index in [1.807, 2.05) is 11.9 Å². The Bertz CT molecular complexity index is 972. The molecule has 142 valence electrons. The molecule has 2 aliphatic heterocycles.